The minimum atomic E-state index is -1.02. The van der Waals surface area contributed by atoms with Crippen LogP contribution >= 0.6 is 0 Å². The molecule has 3 rings (SSSR count). The van der Waals surface area contributed by atoms with E-state index in [4.69, 9.17) is 9.31 Å². The second-order valence-corrected chi connectivity index (χ2v) is 8.41. The molecular weight excluding hydrogens is 344 g/mol. The second kappa shape index (κ2) is 7.21. The molecule has 0 aromatic carbocycles. The third-order valence-electron chi connectivity index (χ3n) is 5.05. The number of halogens is 1. The fraction of sp³-hybridized carbons (Fsp3) is 0.500. The summed E-state index contributed by atoms with van der Waals surface area (Å²) < 4.78 is 28.5. The molecule has 1 aliphatic rings. The normalized spacial score (nSPS) is 19.1. The molecule has 0 radical (unpaired) electrons. The van der Waals surface area contributed by atoms with E-state index in [2.05, 4.69) is 23.9 Å². The van der Waals surface area contributed by atoms with Crippen molar-refractivity contribution in [3.8, 4) is 11.3 Å². The molecule has 0 N–H and O–H groups in total. The largest absolute Gasteiger partial charge is 0.525 e. The summed E-state index contributed by atoms with van der Waals surface area (Å²) in [5.41, 5.74) is 0.565. The highest BCUT2D eigenvalue weighted by molar-refractivity contribution is 6.54. The molecular formula is C20H27BFN3O2. The van der Waals surface area contributed by atoms with Gasteiger partial charge in [-0.2, -0.15) is 5.10 Å². The van der Waals surface area contributed by atoms with Gasteiger partial charge in [-0.25, -0.2) is 4.39 Å². The van der Waals surface area contributed by atoms with Gasteiger partial charge in [-0.1, -0.05) is 13.8 Å². The average molecular weight is 371 g/mol. The highest BCUT2D eigenvalue weighted by atomic mass is 19.1. The molecule has 0 amide bonds. The van der Waals surface area contributed by atoms with Crippen LogP contribution < -0.4 is 0 Å². The maximum atomic E-state index is 15.0. The lowest BCUT2D eigenvalue weighted by atomic mass is 9.86. The lowest BCUT2D eigenvalue weighted by molar-refractivity contribution is 0.00578. The molecule has 27 heavy (non-hydrogen) atoms. The van der Waals surface area contributed by atoms with Crippen molar-refractivity contribution in [1.29, 1.82) is 0 Å². The molecule has 0 atom stereocenters. The van der Waals surface area contributed by atoms with Crippen molar-refractivity contribution in [2.45, 2.75) is 59.3 Å². The van der Waals surface area contributed by atoms with Crippen LogP contribution in [-0.4, -0.2) is 33.1 Å². The van der Waals surface area contributed by atoms with Gasteiger partial charge in [-0.15, -0.1) is 0 Å². The lowest BCUT2D eigenvalue weighted by Gasteiger charge is -2.32. The molecule has 0 aliphatic carbocycles. The third kappa shape index (κ3) is 4.14. The number of hydrogen-bond donors (Lipinski definition) is 0. The molecule has 5 nitrogen and oxygen atoms in total. The van der Waals surface area contributed by atoms with Crippen LogP contribution in [0, 0.1) is 5.92 Å². The van der Waals surface area contributed by atoms with Crippen molar-refractivity contribution >= 4 is 13.2 Å². The van der Waals surface area contributed by atoms with E-state index >= 15 is 4.39 Å². The van der Waals surface area contributed by atoms with Crippen LogP contribution in [0.4, 0.5) is 4.39 Å². The first-order valence-corrected chi connectivity index (χ1v) is 9.29. The summed E-state index contributed by atoms with van der Waals surface area (Å²) in [6.07, 6.45) is 6.74. The number of rotatable bonds is 5. The van der Waals surface area contributed by atoms with Gasteiger partial charge < -0.3 is 9.31 Å². The van der Waals surface area contributed by atoms with Crippen LogP contribution in [0.3, 0.4) is 0 Å². The topological polar surface area (TPSA) is 49.2 Å². The van der Waals surface area contributed by atoms with Crippen molar-refractivity contribution in [3.05, 3.63) is 42.0 Å². The SMILES string of the molecule is CC(C)Cn1cc(C=C(F)B2OC(C)(C)C(C)(C)O2)c(-c2cccnc2)n1. The molecule has 2 aromatic rings. The van der Waals surface area contributed by atoms with Crippen LogP contribution in [0.1, 0.15) is 47.1 Å². The Kier molecular flexibility index (Phi) is 5.28. The fourth-order valence-corrected chi connectivity index (χ4v) is 2.91. The Morgan fingerprint density at radius 3 is 2.48 bits per heavy atom. The minimum absolute atomic E-state index is 0.427. The highest BCUT2D eigenvalue weighted by Crippen LogP contribution is 2.39. The van der Waals surface area contributed by atoms with Crippen LogP contribution in [0.25, 0.3) is 17.3 Å². The Morgan fingerprint density at radius 1 is 1.26 bits per heavy atom. The number of hydrogen-bond acceptors (Lipinski definition) is 4. The van der Waals surface area contributed by atoms with Gasteiger partial charge in [0.15, 0.2) is 0 Å². The first-order chi connectivity index (χ1) is 12.6. The van der Waals surface area contributed by atoms with Gasteiger partial charge in [0.2, 0.25) is 0 Å². The summed E-state index contributed by atoms with van der Waals surface area (Å²) in [5.74, 6) is 0.427. The van der Waals surface area contributed by atoms with E-state index in [0.29, 0.717) is 17.2 Å². The van der Waals surface area contributed by atoms with E-state index in [1.807, 2.05) is 50.7 Å². The molecule has 144 valence electrons. The predicted molar refractivity (Wildman–Crippen MR) is 105 cm³/mol. The van der Waals surface area contributed by atoms with Crippen molar-refractivity contribution in [2.75, 3.05) is 0 Å². The first-order valence-electron chi connectivity index (χ1n) is 9.29. The van der Waals surface area contributed by atoms with E-state index in [9.17, 15) is 0 Å². The van der Waals surface area contributed by atoms with Gasteiger partial charge in [0.1, 0.15) is 11.4 Å². The van der Waals surface area contributed by atoms with Crippen molar-refractivity contribution < 1.29 is 13.7 Å². The number of aromatic nitrogens is 3. The monoisotopic (exact) mass is 371 g/mol. The van der Waals surface area contributed by atoms with E-state index in [0.717, 1.165) is 12.1 Å². The molecule has 0 unspecified atom stereocenters. The zero-order valence-corrected chi connectivity index (χ0v) is 16.9. The van der Waals surface area contributed by atoms with Crippen LogP contribution in [0.15, 0.2) is 36.4 Å². The van der Waals surface area contributed by atoms with Crippen molar-refractivity contribution in [2.24, 2.45) is 5.92 Å². The average Bonchev–Trinajstić information content (AvgIpc) is 3.05. The summed E-state index contributed by atoms with van der Waals surface area (Å²) >= 11 is 0. The highest BCUT2D eigenvalue weighted by Gasteiger charge is 2.53. The predicted octanol–water partition coefficient (Wildman–Crippen LogP) is 4.54. The molecule has 1 fully saturated rings. The molecule has 0 spiro atoms. The first kappa shape index (κ1) is 19.8. The molecule has 7 heteroatoms. The number of pyridine rings is 1. The van der Waals surface area contributed by atoms with Gasteiger partial charge in [0.05, 0.1) is 11.2 Å². The van der Waals surface area contributed by atoms with Crippen LogP contribution in [-0.2, 0) is 15.9 Å². The zero-order valence-electron chi connectivity index (χ0n) is 16.9. The lowest BCUT2D eigenvalue weighted by Crippen LogP contribution is -2.41. The van der Waals surface area contributed by atoms with E-state index < -0.39 is 24.0 Å². The zero-order chi connectivity index (χ0) is 19.8. The Morgan fingerprint density at radius 2 is 1.93 bits per heavy atom. The Bertz CT molecular complexity index is 815. The smallest absolute Gasteiger partial charge is 0.398 e. The molecule has 3 heterocycles. The third-order valence-corrected chi connectivity index (χ3v) is 5.05. The van der Waals surface area contributed by atoms with Crippen molar-refractivity contribution in [1.82, 2.24) is 14.8 Å². The van der Waals surface area contributed by atoms with Crippen LogP contribution in [0.5, 0.6) is 0 Å². The van der Waals surface area contributed by atoms with Gasteiger partial charge in [0, 0.05) is 36.3 Å². The van der Waals surface area contributed by atoms with Gasteiger partial charge in [0.25, 0.3) is 0 Å². The van der Waals surface area contributed by atoms with E-state index in [1.165, 1.54) is 6.08 Å². The van der Waals surface area contributed by atoms with E-state index in [1.54, 1.807) is 12.4 Å². The molecule has 0 saturated carbocycles. The molecule has 2 aromatic heterocycles. The van der Waals surface area contributed by atoms with Crippen LogP contribution in [0.2, 0.25) is 0 Å². The Labute approximate surface area is 160 Å². The summed E-state index contributed by atoms with van der Waals surface area (Å²) in [4.78, 5) is 4.15. The summed E-state index contributed by atoms with van der Waals surface area (Å²) in [6, 6.07) is 3.76. The Hall–Kier alpha value is -1.99. The standard InChI is InChI=1S/C20H27BFN3O2/c1-14(2)12-25-13-16(18(24-25)15-8-7-9-23-11-15)10-17(22)21-26-19(3,4)20(5,6)27-21/h7-11,13-14H,12H2,1-6H3. The van der Waals surface area contributed by atoms with Gasteiger partial charge >= 0.3 is 7.12 Å². The van der Waals surface area contributed by atoms with Crippen molar-refractivity contribution in [3.63, 3.8) is 0 Å². The molecule has 0 bridgehead atoms. The minimum Gasteiger partial charge on any atom is -0.398 e. The summed E-state index contributed by atoms with van der Waals surface area (Å²) in [5, 5.41) is 4.64. The maximum absolute atomic E-state index is 15.0. The summed E-state index contributed by atoms with van der Waals surface area (Å²) in [7, 11) is -1.02. The number of nitrogens with zero attached hydrogens (tertiary/aromatic N) is 3. The fourth-order valence-electron chi connectivity index (χ4n) is 2.91. The van der Waals surface area contributed by atoms with E-state index in [-0.39, 0.29) is 0 Å². The second-order valence-electron chi connectivity index (χ2n) is 8.41. The van der Waals surface area contributed by atoms with Gasteiger partial charge in [-0.05, 0) is 51.8 Å². The maximum Gasteiger partial charge on any atom is 0.525 e. The quantitative estimate of drug-likeness (QED) is 0.724. The Balaban J connectivity index is 1.96. The summed E-state index contributed by atoms with van der Waals surface area (Å²) in [6.45, 7) is 12.6. The van der Waals surface area contributed by atoms with Gasteiger partial charge in [-0.3, -0.25) is 9.67 Å². The molecule has 1 saturated heterocycles. The molecule has 1 aliphatic heterocycles.